The molecule has 9 nitrogen and oxygen atoms in total. The Morgan fingerprint density at radius 2 is 1.74 bits per heavy atom. The maximum atomic E-state index is 14.0. The molecule has 9 heteroatoms. The Morgan fingerprint density at radius 3 is 2.31 bits per heavy atom. The summed E-state index contributed by atoms with van der Waals surface area (Å²) in [6.45, 7) is 7.39. The fourth-order valence-corrected chi connectivity index (χ4v) is 5.64. The SMILES string of the molecule is COC(=O)c1ccc(N2C(=O)[C@@H]3[C@H](C(=O)NC4CC4)[C@@]4(C)C=C[C@@]3(O4)[C@@H]2C(=O)NC(C)(C)C)cc1. The lowest BCUT2D eigenvalue weighted by Gasteiger charge is -2.35. The zero-order chi connectivity index (χ0) is 25.3. The molecule has 1 spiro atoms. The lowest BCUT2D eigenvalue weighted by atomic mass is 9.70. The minimum Gasteiger partial charge on any atom is -0.465 e. The van der Waals surface area contributed by atoms with Crippen LogP contribution in [0.15, 0.2) is 36.4 Å². The number of carbonyl (C=O) groups is 4. The van der Waals surface area contributed by atoms with E-state index in [9.17, 15) is 19.2 Å². The zero-order valence-corrected chi connectivity index (χ0v) is 20.6. The van der Waals surface area contributed by atoms with E-state index in [4.69, 9.17) is 9.47 Å². The number of hydrogen-bond acceptors (Lipinski definition) is 6. The summed E-state index contributed by atoms with van der Waals surface area (Å²) in [4.78, 5) is 54.4. The van der Waals surface area contributed by atoms with Crippen molar-refractivity contribution >= 4 is 29.4 Å². The summed E-state index contributed by atoms with van der Waals surface area (Å²) in [5, 5.41) is 6.01. The van der Waals surface area contributed by atoms with Gasteiger partial charge >= 0.3 is 5.97 Å². The number of amides is 3. The van der Waals surface area contributed by atoms with Crippen LogP contribution >= 0.6 is 0 Å². The van der Waals surface area contributed by atoms with Gasteiger partial charge in [-0.15, -0.1) is 0 Å². The molecule has 2 N–H and O–H groups in total. The fraction of sp³-hybridized carbons (Fsp3) is 0.538. The largest absolute Gasteiger partial charge is 0.465 e. The number of benzene rings is 1. The predicted molar refractivity (Wildman–Crippen MR) is 126 cm³/mol. The zero-order valence-electron chi connectivity index (χ0n) is 20.6. The van der Waals surface area contributed by atoms with Crippen molar-refractivity contribution < 1.29 is 28.7 Å². The Morgan fingerprint density at radius 1 is 1.09 bits per heavy atom. The Balaban J connectivity index is 1.58. The highest BCUT2D eigenvalue weighted by Crippen LogP contribution is 2.60. The molecule has 5 atom stereocenters. The number of nitrogens with one attached hydrogen (secondary N) is 2. The fourth-order valence-electron chi connectivity index (χ4n) is 5.64. The normalized spacial score (nSPS) is 33.0. The Labute approximate surface area is 204 Å². The minimum atomic E-state index is -1.28. The number of rotatable bonds is 5. The van der Waals surface area contributed by atoms with Gasteiger partial charge in [0.05, 0.1) is 30.1 Å². The van der Waals surface area contributed by atoms with E-state index in [2.05, 4.69) is 10.6 Å². The lowest BCUT2D eigenvalue weighted by Crippen LogP contribution is -2.58. The van der Waals surface area contributed by atoms with Crippen LogP contribution in [0.5, 0.6) is 0 Å². The van der Waals surface area contributed by atoms with Gasteiger partial charge in [-0.1, -0.05) is 12.2 Å². The molecular formula is C26H31N3O6. The monoisotopic (exact) mass is 481 g/mol. The smallest absolute Gasteiger partial charge is 0.337 e. The van der Waals surface area contributed by atoms with Crippen LogP contribution in [-0.2, 0) is 23.9 Å². The van der Waals surface area contributed by atoms with Gasteiger partial charge in [-0.05, 0) is 64.8 Å². The number of methoxy groups -OCH3 is 1. The second-order valence-electron chi connectivity index (χ2n) is 11.1. The quantitative estimate of drug-likeness (QED) is 0.489. The van der Waals surface area contributed by atoms with Crippen LogP contribution in [0.2, 0.25) is 0 Å². The van der Waals surface area contributed by atoms with Crippen molar-refractivity contribution in [3.63, 3.8) is 0 Å². The second kappa shape index (κ2) is 7.65. The molecule has 5 rings (SSSR count). The third-order valence-electron chi connectivity index (χ3n) is 7.22. The topological polar surface area (TPSA) is 114 Å². The lowest BCUT2D eigenvalue weighted by molar-refractivity contribution is -0.134. The van der Waals surface area contributed by atoms with Gasteiger partial charge in [-0.25, -0.2) is 4.79 Å². The van der Waals surface area contributed by atoms with Crippen molar-refractivity contribution in [1.29, 1.82) is 0 Å². The van der Waals surface area contributed by atoms with Gasteiger partial charge in [0.25, 0.3) is 0 Å². The molecule has 3 amide bonds. The molecule has 1 aromatic rings. The number of fused-ring (bicyclic) bond motifs is 1. The van der Waals surface area contributed by atoms with Crippen molar-refractivity contribution in [1.82, 2.24) is 10.6 Å². The van der Waals surface area contributed by atoms with E-state index < -0.39 is 40.6 Å². The Kier molecular flexibility index (Phi) is 5.14. The number of nitrogens with zero attached hydrogens (tertiary/aromatic N) is 1. The van der Waals surface area contributed by atoms with Crippen LogP contribution in [0.4, 0.5) is 5.69 Å². The number of hydrogen-bond donors (Lipinski definition) is 2. The van der Waals surface area contributed by atoms with E-state index in [0.717, 1.165) is 12.8 Å². The van der Waals surface area contributed by atoms with Gasteiger partial charge < -0.3 is 20.1 Å². The van der Waals surface area contributed by atoms with E-state index >= 15 is 0 Å². The van der Waals surface area contributed by atoms with Gasteiger partial charge in [-0.3, -0.25) is 19.3 Å². The number of anilines is 1. The molecule has 2 saturated heterocycles. The number of carbonyl (C=O) groups excluding carboxylic acids is 4. The number of esters is 1. The molecule has 3 aliphatic heterocycles. The Hall–Kier alpha value is -3.20. The van der Waals surface area contributed by atoms with E-state index in [-0.39, 0.29) is 23.8 Å². The first-order valence-corrected chi connectivity index (χ1v) is 11.9. The van der Waals surface area contributed by atoms with Crippen molar-refractivity contribution in [2.45, 2.75) is 69.4 Å². The van der Waals surface area contributed by atoms with Crippen LogP contribution in [0.3, 0.4) is 0 Å². The standard InChI is InChI=1S/C26H31N3O6/c1-24(2,3)28-21(31)19-26-13-12-25(4,35-26)17(20(30)27-15-8-9-15)18(26)22(32)29(19)16-10-6-14(7-11-16)23(33)34-5/h6-7,10-13,15,17-19H,8-9H2,1-5H3,(H,27,30)(H,28,31)/t17-,18+,19+,25-,26+/m1/s1. The molecule has 0 aromatic heterocycles. The van der Waals surface area contributed by atoms with Gasteiger partial charge in [0.1, 0.15) is 11.6 Å². The van der Waals surface area contributed by atoms with Crippen LogP contribution in [0.25, 0.3) is 0 Å². The first-order chi connectivity index (χ1) is 16.4. The van der Waals surface area contributed by atoms with Crippen LogP contribution < -0.4 is 15.5 Å². The molecule has 1 aromatic carbocycles. The average Bonchev–Trinajstić information content (AvgIpc) is 3.40. The summed E-state index contributed by atoms with van der Waals surface area (Å²) in [5.41, 5.74) is -2.06. The maximum absolute atomic E-state index is 14.0. The molecule has 35 heavy (non-hydrogen) atoms. The third-order valence-corrected chi connectivity index (χ3v) is 7.22. The van der Waals surface area contributed by atoms with Gasteiger partial charge in [0, 0.05) is 17.3 Å². The van der Waals surface area contributed by atoms with Gasteiger partial charge in [-0.2, -0.15) is 0 Å². The summed E-state index contributed by atoms with van der Waals surface area (Å²) < 4.78 is 11.3. The Bertz CT molecular complexity index is 1130. The first kappa shape index (κ1) is 23.5. The van der Waals surface area contributed by atoms with E-state index in [0.29, 0.717) is 11.3 Å². The summed E-state index contributed by atoms with van der Waals surface area (Å²) in [7, 11) is 1.29. The van der Waals surface area contributed by atoms with Crippen molar-refractivity contribution in [3.8, 4) is 0 Å². The molecule has 0 unspecified atom stereocenters. The van der Waals surface area contributed by atoms with Gasteiger partial charge in [0.15, 0.2) is 0 Å². The van der Waals surface area contributed by atoms with E-state index in [1.165, 1.54) is 12.0 Å². The molecule has 3 heterocycles. The predicted octanol–water partition coefficient (Wildman–Crippen LogP) is 1.71. The molecule has 1 aliphatic carbocycles. The molecule has 186 valence electrons. The maximum Gasteiger partial charge on any atom is 0.337 e. The number of ether oxygens (including phenoxy) is 2. The third kappa shape index (κ3) is 3.64. The first-order valence-electron chi connectivity index (χ1n) is 11.9. The minimum absolute atomic E-state index is 0.128. The molecule has 4 aliphatic rings. The average molecular weight is 482 g/mol. The molecule has 0 radical (unpaired) electrons. The highest BCUT2D eigenvalue weighted by molar-refractivity contribution is 6.10. The van der Waals surface area contributed by atoms with Gasteiger partial charge in [0.2, 0.25) is 17.7 Å². The van der Waals surface area contributed by atoms with Crippen LogP contribution in [-0.4, -0.2) is 59.6 Å². The van der Waals surface area contributed by atoms with Crippen molar-refractivity contribution in [3.05, 3.63) is 42.0 Å². The highest BCUT2D eigenvalue weighted by Gasteiger charge is 2.76. The van der Waals surface area contributed by atoms with Crippen LogP contribution in [0, 0.1) is 11.8 Å². The molecule has 2 bridgehead atoms. The van der Waals surface area contributed by atoms with E-state index in [1.807, 2.05) is 26.8 Å². The second-order valence-corrected chi connectivity index (χ2v) is 11.1. The highest BCUT2D eigenvalue weighted by atomic mass is 16.5. The van der Waals surface area contributed by atoms with E-state index in [1.54, 1.807) is 37.3 Å². The van der Waals surface area contributed by atoms with Crippen LogP contribution in [0.1, 0.15) is 50.9 Å². The summed E-state index contributed by atoms with van der Waals surface area (Å²) in [6.07, 6.45) is 5.44. The summed E-state index contributed by atoms with van der Waals surface area (Å²) >= 11 is 0. The van der Waals surface area contributed by atoms with Crippen molar-refractivity contribution in [2.75, 3.05) is 12.0 Å². The van der Waals surface area contributed by atoms with Crippen molar-refractivity contribution in [2.24, 2.45) is 11.8 Å². The molecule has 3 fully saturated rings. The molecule has 1 saturated carbocycles. The summed E-state index contributed by atoms with van der Waals surface area (Å²) in [6, 6.07) is 5.41. The molecular weight excluding hydrogens is 450 g/mol. The summed E-state index contributed by atoms with van der Waals surface area (Å²) in [5.74, 6) is -3.07.